The van der Waals surface area contributed by atoms with Gasteiger partial charge >= 0.3 is 0 Å². The Balaban J connectivity index is 1.94. The number of anilines is 2. The molecule has 5 heteroatoms. The van der Waals surface area contributed by atoms with Gasteiger partial charge < -0.3 is 10.6 Å². The van der Waals surface area contributed by atoms with Gasteiger partial charge in [-0.1, -0.05) is 13.8 Å². The maximum Gasteiger partial charge on any atom is 0.171 e. The van der Waals surface area contributed by atoms with Crippen molar-refractivity contribution in [3.05, 3.63) is 10.4 Å². The number of nitrogen functional groups attached to an aromatic ring is 1. The van der Waals surface area contributed by atoms with Gasteiger partial charge in [-0.25, -0.2) is 0 Å². The van der Waals surface area contributed by atoms with E-state index in [1.807, 2.05) is 0 Å². The van der Waals surface area contributed by atoms with E-state index in [1.54, 1.807) is 18.3 Å². The molecule has 3 rings (SSSR count). The van der Waals surface area contributed by atoms with Crippen molar-refractivity contribution in [1.82, 2.24) is 0 Å². The molecule has 1 saturated carbocycles. The minimum Gasteiger partial charge on any atom is -0.397 e. The smallest absolute Gasteiger partial charge is 0.171 e. The summed E-state index contributed by atoms with van der Waals surface area (Å²) in [7, 11) is 0. The van der Waals surface area contributed by atoms with Crippen molar-refractivity contribution < 1.29 is 4.79 Å². The summed E-state index contributed by atoms with van der Waals surface area (Å²) in [5.41, 5.74) is 8.34. The molecule has 0 atom stereocenters. The monoisotopic (exact) mass is 324 g/mol. The summed E-state index contributed by atoms with van der Waals surface area (Å²) in [4.78, 5) is 15.1. The quantitative estimate of drug-likeness (QED) is 0.849. The van der Waals surface area contributed by atoms with Crippen LogP contribution >= 0.6 is 23.1 Å². The third kappa shape index (κ3) is 3.09. The lowest BCUT2D eigenvalue weighted by atomic mass is 10.1. The van der Waals surface area contributed by atoms with Crippen molar-refractivity contribution in [2.24, 2.45) is 0 Å². The van der Waals surface area contributed by atoms with Gasteiger partial charge in [-0.15, -0.1) is 11.3 Å². The molecular weight excluding hydrogens is 300 g/mol. The SMILES string of the molecule is CC(=O)c1sc(N2CCSC(C)(C)CC2)c(C2CC2)c1N. The van der Waals surface area contributed by atoms with Crippen molar-refractivity contribution in [3.63, 3.8) is 0 Å². The maximum absolute atomic E-state index is 11.8. The first-order valence-electron chi connectivity index (χ1n) is 7.71. The number of thioether (sulfide) groups is 1. The third-order valence-corrected chi connectivity index (χ3v) is 7.15. The fourth-order valence-corrected chi connectivity index (χ4v) is 5.29. The minimum absolute atomic E-state index is 0.107. The molecule has 0 amide bonds. The van der Waals surface area contributed by atoms with Gasteiger partial charge in [0.25, 0.3) is 0 Å². The zero-order valence-electron chi connectivity index (χ0n) is 13.1. The molecule has 0 aromatic carbocycles. The number of carbonyl (C=O) groups excluding carboxylic acids is 1. The summed E-state index contributed by atoms with van der Waals surface area (Å²) in [6, 6.07) is 0. The second-order valence-electron chi connectivity index (χ2n) is 6.74. The molecule has 0 bridgehead atoms. The van der Waals surface area contributed by atoms with Gasteiger partial charge in [-0.2, -0.15) is 11.8 Å². The molecule has 2 aliphatic rings. The predicted octanol–water partition coefficient (Wildman–Crippen LogP) is 4.13. The van der Waals surface area contributed by atoms with Crippen LogP contribution in [-0.4, -0.2) is 29.4 Å². The summed E-state index contributed by atoms with van der Waals surface area (Å²) in [5.74, 6) is 1.84. The molecule has 0 radical (unpaired) electrons. The highest BCUT2D eigenvalue weighted by Gasteiger charge is 2.35. The van der Waals surface area contributed by atoms with Crippen LogP contribution in [0.25, 0.3) is 0 Å². The number of rotatable bonds is 3. The Labute approximate surface area is 135 Å². The second kappa shape index (κ2) is 5.51. The van der Waals surface area contributed by atoms with Crippen molar-refractivity contribution >= 4 is 39.6 Å². The van der Waals surface area contributed by atoms with Crippen LogP contribution in [0.2, 0.25) is 0 Å². The highest BCUT2D eigenvalue weighted by atomic mass is 32.2. The Morgan fingerprint density at radius 2 is 2.05 bits per heavy atom. The molecule has 1 aromatic heterocycles. The molecule has 21 heavy (non-hydrogen) atoms. The van der Waals surface area contributed by atoms with Crippen molar-refractivity contribution in [3.8, 4) is 0 Å². The number of thiophene rings is 1. The summed E-state index contributed by atoms with van der Waals surface area (Å²) >= 11 is 3.67. The van der Waals surface area contributed by atoms with Gasteiger partial charge in [0.05, 0.1) is 15.6 Å². The van der Waals surface area contributed by atoms with E-state index in [0.717, 1.165) is 29.4 Å². The number of hydrogen-bond acceptors (Lipinski definition) is 5. The fraction of sp³-hybridized carbons (Fsp3) is 0.688. The van der Waals surface area contributed by atoms with Crippen LogP contribution in [0.3, 0.4) is 0 Å². The molecule has 2 fully saturated rings. The van der Waals surface area contributed by atoms with Crippen LogP contribution in [0, 0.1) is 0 Å². The van der Waals surface area contributed by atoms with Crippen molar-refractivity contribution in [2.75, 3.05) is 29.5 Å². The fourth-order valence-electron chi connectivity index (χ4n) is 2.93. The average Bonchev–Trinajstić information content (AvgIpc) is 3.18. The van der Waals surface area contributed by atoms with E-state index in [2.05, 4.69) is 30.5 Å². The van der Waals surface area contributed by atoms with Crippen LogP contribution in [0.1, 0.15) is 61.2 Å². The van der Waals surface area contributed by atoms with Crippen LogP contribution in [0.4, 0.5) is 10.7 Å². The zero-order valence-corrected chi connectivity index (χ0v) is 14.7. The minimum atomic E-state index is 0.107. The zero-order chi connectivity index (χ0) is 15.2. The lowest BCUT2D eigenvalue weighted by Crippen LogP contribution is -2.26. The second-order valence-corrected chi connectivity index (χ2v) is 9.54. The Morgan fingerprint density at radius 1 is 1.33 bits per heavy atom. The van der Waals surface area contributed by atoms with Gasteiger partial charge in [-0.3, -0.25) is 4.79 Å². The highest BCUT2D eigenvalue weighted by molar-refractivity contribution is 8.00. The molecule has 3 nitrogen and oxygen atoms in total. The van der Waals surface area contributed by atoms with E-state index in [1.165, 1.54) is 29.8 Å². The lowest BCUT2D eigenvalue weighted by Gasteiger charge is -2.24. The predicted molar refractivity (Wildman–Crippen MR) is 94.1 cm³/mol. The summed E-state index contributed by atoms with van der Waals surface area (Å²) < 4.78 is 0.348. The largest absolute Gasteiger partial charge is 0.397 e. The van der Waals surface area contributed by atoms with Crippen molar-refractivity contribution in [2.45, 2.75) is 50.7 Å². The molecule has 0 spiro atoms. The summed E-state index contributed by atoms with van der Waals surface area (Å²) in [6.45, 7) is 8.41. The molecule has 1 aliphatic heterocycles. The topological polar surface area (TPSA) is 46.3 Å². The van der Waals surface area contributed by atoms with Crippen LogP contribution in [0.15, 0.2) is 0 Å². The number of nitrogens with two attached hydrogens (primary N) is 1. The van der Waals surface area contributed by atoms with Crippen LogP contribution in [0.5, 0.6) is 0 Å². The Hall–Kier alpha value is -0.680. The molecule has 2 heterocycles. The van der Waals surface area contributed by atoms with Gasteiger partial charge in [-0.05, 0) is 25.2 Å². The number of carbonyl (C=O) groups is 1. The average molecular weight is 325 g/mol. The Bertz CT molecular complexity index is 561. The lowest BCUT2D eigenvalue weighted by molar-refractivity contribution is 0.102. The molecule has 0 unspecified atom stereocenters. The third-order valence-electron chi connectivity index (χ3n) is 4.39. The summed E-state index contributed by atoms with van der Waals surface area (Å²) in [5, 5.41) is 1.28. The molecule has 1 aromatic rings. The standard InChI is InChI=1S/C16H24N2OS2/c1-10(19)14-13(17)12(11-4-5-11)15(21-14)18-7-6-16(2,3)20-9-8-18/h11H,4-9,17H2,1-3H3. The first-order chi connectivity index (χ1) is 9.89. The Kier molecular flexibility index (Phi) is 3.99. The van der Waals surface area contributed by atoms with E-state index in [0.29, 0.717) is 10.7 Å². The Morgan fingerprint density at radius 3 is 2.67 bits per heavy atom. The van der Waals surface area contributed by atoms with E-state index < -0.39 is 0 Å². The first-order valence-corrected chi connectivity index (χ1v) is 9.51. The van der Waals surface area contributed by atoms with E-state index >= 15 is 0 Å². The van der Waals surface area contributed by atoms with Crippen molar-refractivity contribution in [1.29, 1.82) is 0 Å². The van der Waals surface area contributed by atoms with E-state index in [9.17, 15) is 4.79 Å². The number of nitrogens with zero attached hydrogens (tertiary/aromatic N) is 1. The molecule has 1 aliphatic carbocycles. The molecule has 1 saturated heterocycles. The normalized spacial score (nSPS) is 22.1. The number of ketones is 1. The summed E-state index contributed by atoms with van der Waals surface area (Å²) in [6.07, 6.45) is 3.62. The van der Waals surface area contributed by atoms with Gasteiger partial charge in [0.15, 0.2) is 5.78 Å². The highest BCUT2D eigenvalue weighted by Crippen LogP contribution is 2.52. The van der Waals surface area contributed by atoms with Crippen LogP contribution in [-0.2, 0) is 0 Å². The first kappa shape index (κ1) is 15.2. The van der Waals surface area contributed by atoms with Gasteiger partial charge in [0, 0.05) is 36.1 Å². The number of Topliss-reactive ketones (excluding diaryl/α,β-unsaturated/α-hetero) is 1. The molecule has 2 N–H and O–H groups in total. The van der Waals surface area contributed by atoms with Gasteiger partial charge in [0.1, 0.15) is 0 Å². The maximum atomic E-state index is 11.8. The number of hydrogen-bond donors (Lipinski definition) is 1. The van der Waals surface area contributed by atoms with Crippen LogP contribution < -0.4 is 10.6 Å². The van der Waals surface area contributed by atoms with Gasteiger partial charge in [0.2, 0.25) is 0 Å². The molecular formula is C16H24N2OS2. The van der Waals surface area contributed by atoms with E-state index in [4.69, 9.17) is 5.73 Å². The molecule has 116 valence electrons. The van der Waals surface area contributed by atoms with E-state index in [-0.39, 0.29) is 5.78 Å².